The number of carboxylic acid groups (broad SMARTS) is 1. The van der Waals surface area contributed by atoms with Gasteiger partial charge in [0.25, 0.3) is 0 Å². The van der Waals surface area contributed by atoms with Crippen molar-refractivity contribution in [1.82, 2.24) is 15.1 Å². The molecule has 1 saturated heterocycles. The predicted octanol–water partition coefficient (Wildman–Crippen LogP) is 1.53. The van der Waals surface area contributed by atoms with Crippen molar-refractivity contribution >= 4 is 17.9 Å². The number of carbonyl (C=O) groups is 3. The molecule has 3 fully saturated rings. The zero-order valence-electron chi connectivity index (χ0n) is 15.2. The topological polar surface area (TPSA) is 90.0 Å². The van der Waals surface area contributed by atoms with Crippen LogP contribution in [0, 0.1) is 17.3 Å². The Morgan fingerprint density at radius 3 is 2.00 bits per heavy atom. The van der Waals surface area contributed by atoms with Gasteiger partial charge in [-0.05, 0) is 18.3 Å². The molecule has 7 nitrogen and oxygen atoms in total. The first-order valence-corrected chi connectivity index (χ1v) is 9.39. The Labute approximate surface area is 148 Å². The Hall–Kier alpha value is -1.79. The molecule has 1 aliphatic heterocycles. The van der Waals surface area contributed by atoms with Gasteiger partial charge in [0.2, 0.25) is 5.91 Å². The van der Waals surface area contributed by atoms with Crippen LogP contribution in [0.15, 0.2) is 0 Å². The number of rotatable bonds is 3. The van der Waals surface area contributed by atoms with Gasteiger partial charge in [0.1, 0.15) is 0 Å². The third-order valence-corrected chi connectivity index (χ3v) is 6.17. The Kier molecular flexibility index (Phi) is 4.93. The molecule has 7 heteroatoms. The van der Waals surface area contributed by atoms with E-state index >= 15 is 0 Å². The molecule has 25 heavy (non-hydrogen) atoms. The van der Waals surface area contributed by atoms with Crippen molar-refractivity contribution in [1.29, 1.82) is 0 Å². The zero-order chi connectivity index (χ0) is 18.2. The minimum Gasteiger partial charge on any atom is -0.481 e. The van der Waals surface area contributed by atoms with Crippen LogP contribution in [0.2, 0.25) is 0 Å². The van der Waals surface area contributed by atoms with E-state index in [-0.39, 0.29) is 18.0 Å². The average molecular weight is 351 g/mol. The second kappa shape index (κ2) is 6.84. The quantitative estimate of drug-likeness (QED) is 0.807. The molecule has 0 bridgehead atoms. The van der Waals surface area contributed by atoms with E-state index in [1.54, 1.807) is 9.80 Å². The molecule has 1 heterocycles. The molecule has 0 unspecified atom stereocenters. The standard InChI is InChI=1S/C18H29N3O4/c1-18(2)13(14(18)16(23)24)15(22)20-8-10-21(11-9-20)17(25)19-12-6-4-3-5-7-12/h12-14H,3-11H2,1-2H3,(H,19,25)(H,23,24)/t13-,14-/m1/s1. The third-order valence-electron chi connectivity index (χ3n) is 6.17. The van der Waals surface area contributed by atoms with E-state index in [2.05, 4.69) is 5.32 Å². The number of carboxylic acids is 1. The lowest BCUT2D eigenvalue weighted by molar-refractivity contribution is -0.142. The second-order valence-corrected chi connectivity index (χ2v) is 8.21. The van der Waals surface area contributed by atoms with E-state index in [0.29, 0.717) is 26.2 Å². The van der Waals surface area contributed by atoms with Crippen LogP contribution in [0.5, 0.6) is 0 Å². The highest BCUT2D eigenvalue weighted by molar-refractivity contribution is 5.91. The van der Waals surface area contributed by atoms with Crippen LogP contribution in [0.4, 0.5) is 4.79 Å². The molecule has 2 aliphatic carbocycles. The Bertz CT molecular complexity index is 549. The monoisotopic (exact) mass is 351 g/mol. The van der Waals surface area contributed by atoms with Crippen LogP contribution in [0.1, 0.15) is 46.0 Å². The van der Waals surface area contributed by atoms with Crippen LogP contribution < -0.4 is 5.32 Å². The summed E-state index contributed by atoms with van der Waals surface area (Å²) >= 11 is 0. The van der Waals surface area contributed by atoms with E-state index in [0.717, 1.165) is 12.8 Å². The summed E-state index contributed by atoms with van der Waals surface area (Å²) in [7, 11) is 0. The molecule has 3 aliphatic rings. The maximum atomic E-state index is 12.6. The number of carbonyl (C=O) groups excluding carboxylic acids is 2. The normalized spacial score (nSPS) is 29.2. The molecule has 2 atom stereocenters. The molecule has 140 valence electrons. The Morgan fingerprint density at radius 2 is 1.48 bits per heavy atom. The molecule has 0 spiro atoms. The van der Waals surface area contributed by atoms with Crippen LogP contribution in [-0.2, 0) is 9.59 Å². The Balaban J connectivity index is 1.48. The molecule has 0 aromatic carbocycles. The summed E-state index contributed by atoms with van der Waals surface area (Å²) in [4.78, 5) is 39.8. The maximum Gasteiger partial charge on any atom is 0.317 e. The summed E-state index contributed by atoms with van der Waals surface area (Å²) in [5.74, 6) is -2.00. The summed E-state index contributed by atoms with van der Waals surface area (Å²) in [5.41, 5.74) is -0.474. The van der Waals surface area contributed by atoms with Crippen molar-refractivity contribution < 1.29 is 19.5 Å². The lowest BCUT2D eigenvalue weighted by Crippen LogP contribution is -2.55. The molecular weight excluding hydrogens is 322 g/mol. The van der Waals surface area contributed by atoms with E-state index in [4.69, 9.17) is 0 Å². The van der Waals surface area contributed by atoms with Crippen LogP contribution in [0.25, 0.3) is 0 Å². The predicted molar refractivity (Wildman–Crippen MR) is 92.0 cm³/mol. The van der Waals surface area contributed by atoms with Crippen LogP contribution >= 0.6 is 0 Å². The largest absolute Gasteiger partial charge is 0.481 e. The summed E-state index contributed by atoms with van der Waals surface area (Å²) < 4.78 is 0. The molecular formula is C18H29N3O4. The van der Waals surface area contributed by atoms with Gasteiger partial charge >= 0.3 is 12.0 Å². The molecule has 2 N–H and O–H groups in total. The van der Waals surface area contributed by atoms with Gasteiger partial charge in [-0.3, -0.25) is 9.59 Å². The van der Waals surface area contributed by atoms with Gasteiger partial charge in [0, 0.05) is 32.2 Å². The third kappa shape index (κ3) is 3.60. The maximum absolute atomic E-state index is 12.6. The number of urea groups is 1. The molecule has 2 saturated carbocycles. The van der Waals surface area contributed by atoms with E-state index < -0.39 is 23.2 Å². The lowest BCUT2D eigenvalue weighted by atomic mass is 9.96. The molecule has 3 rings (SSSR count). The fourth-order valence-corrected chi connectivity index (χ4v) is 4.40. The SMILES string of the molecule is CC1(C)[C@@H](C(=O)O)[C@@H]1C(=O)N1CCN(C(=O)NC2CCCCC2)CC1. The van der Waals surface area contributed by atoms with Gasteiger partial charge < -0.3 is 20.2 Å². The molecule has 0 radical (unpaired) electrons. The summed E-state index contributed by atoms with van der Waals surface area (Å²) in [6.45, 7) is 5.65. The van der Waals surface area contributed by atoms with Crippen molar-refractivity contribution in [3.8, 4) is 0 Å². The zero-order valence-corrected chi connectivity index (χ0v) is 15.2. The van der Waals surface area contributed by atoms with Crippen molar-refractivity contribution in [3.05, 3.63) is 0 Å². The number of hydrogen-bond donors (Lipinski definition) is 2. The first-order valence-electron chi connectivity index (χ1n) is 9.39. The number of piperazine rings is 1. The molecule has 0 aromatic heterocycles. The second-order valence-electron chi connectivity index (χ2n) is 8.21. The molecule has 3 amide bonds. The smallest absolute Gasteiger partial charge is 0.317 e. The van der Waals surface area contributed by atoms with Crippen molar-refractivity contribution in [2.75, 3.05) is 26.2 Å². The molecule has 0 aromatic rings. The van der Waals surface area contributed by atoms with Crippen molar-refractivity contribution in [2.45, 2.75) is 52.0 Å². The first kappa shape index (κ1) is 18.0. The van der Waals surface area contributed by atoms with E-state index in [1.807, 2.05) is 13.8 Å². The average Bonchev–Trinajstić information content (AvgIpc) is 3.18. The van der Waals surface area contributed by atoms with Crippen LogP contribution in [-0.4, -0.2) is 65.0 Å². The van der Waals surface area contributed by atoms with Crippen molar-refractivity contribution in [3.63, 3.8) is 0 Å². The number of aliphatic carboxylic acids is 1. The van der Waals surface area contributed by atoms with E-state index in [1.165, 1.54) is 19.3 Å². The van der Waals surface area contributed by atoms with Crippen molar-refractivity contribution in [2.24, 2.45) is 17.3 Å². The van der Waals surface area contributed by atoms with Gasteiger partial charge in [-0.2, -0.15) is 0 Å². The lowest BCUT2D eigenvalue weighted by Gasteiger charge is -2.36. The van der Waals surface area contributed by atoms with Gasteiger partial charge in [-0.25, -0.2) is 4.79 Å². The van der Waals surface area contributed by atoms with Gasteiger partial charge in [0.05, 0.1) is 11.8 Å². The van der Waals surface area contributed by atoms with Gasteiger partial charge in [-0.15, -0.1) is 0 Å². The number of nitrogens with one attached hydrogen (secondary N) is 1. The van der Waals surface area contributed by atoms with Crippen LogP contribution in [0.3, 0.4) is 0 Å². The first-order chi connectivity index (χ1) is 11.8. The highest BCUT2D eigenvalue weighted by Gasteiger charge is 2.66. The van der Waals surface area contributed by atoms with Gasteiger partial charge in [0.15, 0.2) is 0 Å². The number of hydrogen-bond acceptors (Lipinski definition) is 3. The summed E-state index contributed by atoms with van der Waals surface area (Å²) in [6, 6.07) is 0.249. The fourth-order valence-electron chi connectivity index (χ4n) is 4.40. The minimum absolute atomic E-state index is 0.0332. The van der Waals surface area contributed by atoms with E-state index in [9.17, 15) is 19.5 Å². The highest BCUT2D eigenvalue weighted by atomic mass is 16.4. The minimum atomic E-state index is -0.895. The number of amides is 3. The summed E-state index contributed by atoms with van der Waals surface area (Å²) in [5, 5.41) is 12.4. The Morgan fingerprint density at radius 1 is 0.920 bits per heavy atom. The number of nitrogens with zero attached hydrogens (tertiary/aromatic N) is 2. The van der Waals surface area contributed by atoms with Gasteiger partial charge in [-0.1, -0.05) is 33.1 Å². The summed E-state index contributed by atoms with van der Waals surface area (Å²) in [6.07, 6.45) is 5.71. The fraction of sp³-hybridized carbons (Fsp3) is 0.833. The highest BCUT2D eigenvalue weighted by Crippen LogP contribution is 2.59.